The topological polar surface area (TPSA) is 40.7 Å². The minimum absolute atomic E-state index is 0.749. The fraction of sp³-hybridized carbons (Fsp3) is 0.133. The molecule has 0 saturated heterocycles. The van der Waals surface area contributed by atoms with Crippen LogP contribution in [0.4, 0.5) is 5.69 Å². The van der Waals surface area contributed by atoms with Crippen LogP contribution in [0.15, 0.2) is 42.5 Å². The molecule has 0 aliphatic rings. The van der Waals surface area contributed by atoms with E-state index in [-0.39, 0.29) is 0 Å². The number of hydrogen-bond acceptors (Lipinski definition) is 2. The smallest absolute Gasteiger partial charge is 0.104 e. The number of anilines is 1. The van der Waals surface area contributed by atoms with Gasteiger partial charge in [-0.05, 0) is 42.8 Å². The average Bonchev–Trinajstić information content (AvgIpc) is 2.75. The van der Waals surface area contributed by atoms with Crippen LogP contribution >= 0.6 is 11.6 Å². The molecule has 2 aromatic carbocycles. The molecule has 3 aromatic rings. The van der Waals surface area contributed by atoms with E-state index in [1.807, 2.05) is 37.3 Å². The van der Waals surface area contributed by atoms with Gasteiger partial charge in [-0.1, -0.05) is 23.7 Å². The third-order valence-electron chi connectivity index (χ3n) is 2.99. The van der Waals surface area contributed by atoms with Gasteiger partial charge in [0.2, 0.25) is 0 Å². The first kappa shape index (κ1) is 12.1. The van der Waals surface area contributed by atoms with Gasteiger partial charge in [0.15, 0.2) is 0 Å². The highest BCUT2D eigenvalue weighted by atomic mass is 35.5. The van der Waals surface area contributed by atoms with Gasteiger partial charge in [0.25, 0.3) is 0 Å². The van der Waals surface area contributed by atoms with Crippen LogP contribution in [0, 0.1) is 6.92 Å². The van der Waals surface area contributed by atoms with Crippen LogP contribution in [-0.4, -0.2) is 9.97 Å². The second-order valence-electron chi connectivity index (χ2n) is 4.54. The third kappa shape index (κ3) is 2.71. The molecule has 0 radical (unpaired) electrons. The number of fused-ring (bicyclic) bond motifs is 1. The first-order valence-electron chi connectivity index (χ1n) is 6.15. The molecule has 1 heterocycles. The number of aryl methyl sites for hydroxylation is 1. The highest BCUT2D eigenvalue weighted by Crippen LogP contribution is 2.18. The summed E-state index contributed by atoms with van der Waals surface area (Å²) in [6.45, 7) is 2.71. The van der Waals surface area contributed by atoms with Crippen LogP contribution in [0.3, 0.4) is 0 Å². The van der Waals surface area contributed by atoms with Crippen molar-refractivity contribution < 1.29 is 0 Å². The normalized spacial score (nSPS) is 10.8. The van der Waals surface area contributed by atoms with Gasteiger partial charge in [0.05, 0.1) is 11.0 Å². The zero-order valence-corrected chi connectivity index (χ0v) is 11.3. The average molecular weight is 272 g/mol. The summed E-state index contributed by atoms with van der Waals surface area (Å²) in [6, 6.07) is 14.0. The molecular weight excluding hydrogens is 258 g/mol. The number of halogens is 1. The lowest BCUT2D eigenvalue weighted by atomic mass is 10.2. The number of aromatic amines is 1. The van der Waals surface area contributed by atoms with Crippen LogP contribution in [0.25, 0.3) is 11.0 Å². The van der Waals surface area contributed by atoms with Crippen LogP contribution in [0.2, 0.25) is 5.02 Å². The zero-order valence-electron chi connectivity index (χ0n) is 10.6. The number of nitrogens with zero attached hydrogens (tertiary/aromatic N) is 1. The SMILES string of the molecule is Cc1nc2ccc(NCc3cccc(Cl)c3)cc2[nH]1. The number of hydrogen-bond donors (Lipinski definition) is 2. The van der Waals surface area contributed by atoms with Crippen molar-refractivity contribution in [3.63, 3.8) is 0 Å². The van der Waals surface area contributed by atoms with Crippen molar-refractivity contribution in [3.05, 3.63) is 58.9 Å². The van der Waals surface area contributed by atoms with Crippen molar-refractivity contribution in [2.45, 2.75) is 13.5 Å². The van der Waals surface area contributed by atoms with Gasteiger partial charge >= 0.3 is 0 Å². The van der Waals surface area contributed by atoms with Crippen LogP contribution in [-0.2, 0) is 6.54 Å². The van der Waals surface area contributed by atoms with Gasteiger partial charge in [-0.3, -0.25) is 0 Å². The van der Waals surface area contributed by atoms with Crippen molar-refractivity contribution >= 4 is 28.3 Å². The highest BCUT2D eigenvalue weighted by molar-refractivity contribution is 6.30. The summed E-state index contributed by atoms with van der Waals surface area (Å²) in [4.78, 5) is 7.62. The number of imidazole rings is 1. The van der Waals surface area contributed by atoms with Gasteiger partial charge in [-0.2, -0.15) is 0 Å². The molecule has 0 spiro atoms. The van der Waals surface area contributed by atoms with E-state index in [9.17, 15) is 0 Å². The maximum atomic E-state index is 5.97. The van der Waals surface area contributed by atoms with Crippen molar-refractivity contribution in [1.29, 1.82) is 0 Å². The Labute approximate surface area is 116 Å². The molecule has 19 heavy (non-hydrogen) atoms. The lowest BCUT2D eigenvalue weighted by molar-refractivity contribution is 1.15. The molecule has 0 atom stereocenters. The van der Waals surface area contributed by atoms with Crippen LogP contribution < -0.4 is 5.32 Å². The second kappa shape index (κ2) is 4.94. The van der Waals surface area contributed by atoms with E-state index in [4.69, 9.17) is 11.6 Å². The van der Waals surface area contributed by atoms with Crippen molar-refractivity contribution in [3.8, 4) is 0 Å². The summed E-state index contributed by atoms with van der Waals surface area (Å²) in [5, 5.41) is 4.15. The Kier molecular flexibility index (Phi) is 3.13. The number of rotatable bonds is 3. The quantitative estimate of drug-likeness (QED) is 0.752. The first-order chi connectivity index (χ1) is 9.20. The lowest BCUT2D eigenvalue weighted by Gasteiger charge is -2.06. The summed E-state index contributed by atoms with van der Waals surface area (Å²) in [6.07, 6.45) is 0. The number of aromatic nitrogens is 2. The van der Waals surface area contributed by atoms with E-state index in [1.165, 1.54) is 0 Å². The molecule has 0 bridgehead atoms. The fourth-order valence-electron chi connectivity index (χ4n) is 2.10. The molecule has 0 amide bonds. The van der Waals surface area contributed by atoms with Crippen molar-refractivity contribution in [2.24, 2.45) is 0 Å². The summed E-state index contributed by atoms with van der Waals surface area (Å²) < 4.78 is 0. The molecule has 4 heteroatoms. The monoisotopic (exact) mass is 271 g/mol. The van der Waals surface area contributed by atoms with E-state index in [2.05, 4.69) is 27.4 Å². The molecule has 0 fully saturated rings. The minimum atomic E-state index is 0.749. The zero-order chi connectivity index (χ0) is 13.2. The summed E-state index contributed by atoms with van der Waals surface area (Å²) in [5.74, 6) is 0.932. The Morgan fingerprint density at radius 3 is 2.95 bits per heavy atom. The molecule has 0 aliphatic heterocycles. The van der Waals surface area contributed by atoms with Gasteiger partial charge in [-0.25, -0.2) is 4.98 Å². The fourth-order valence-corrected chi connectivity index (χ4v) is 2.31. The van der Waals surface area contributed by atoms with Gasteiger partial charge in [-0.15, -0.1) is 0 Å². The molecule has 3 rings (SSSR count). The maximum absolute atomic E-state index is 5.97. The molecule has 0 aliphatic carbocycles. The molecule has 0 unspecified atom stereocenters. The lowest BCUT2D eigenvalue weighted by Crippen LogP contribution is -1.98. The van der Waals surface area contributed by atoms with E-state index in [1.54, 1.807) is 0 Å². The Bertz CT molecular complexity index is 718. The molecule has 2 N–H and O–H groups in total. The van der Waals surface area contributed by atoms with E-state index in [0.717, 1.165) is 39.7 Å². The number of benzene rings is 2. The summed E-state index contributed by atoms with van der Waals surface area (Å²) >= 11 is 5.97. The third-order valence-corrected chi connectivity index (χ3v) is 3.22. The summed E-state index contributed by atoms with van der Waals surface area (Å²) in [7, 11) is 0. The van der Waals surface area contributed by atoms with Gasteiger partial charge in [0.1, 0.15) is 5.82 Å². The number of nitrogens with one attached hydrogen (secondary N) is 2. The Morgan fingerprint density at radius 1 is 1.21 bits per heavy atom. The standard InChI is InChI=1S/C15H14ClN3/c1-10-18-14-6-5-13(8-15(14)19-10)17-9-11-3-2-4-12(16)7-11/h2-8,17H,9H2,1H3,(H,18,19). The van der Waals surface area contributed by atoms with Crippen molar-refractivity contribution in [2.75, 3.05) is 5.32 Å². The van der Waals surface area contributed by atoms with Crippen LogP contribution in [0.1, 0.15) is 11.4 Å². The molecule has 96 valence electrons. The predicted octanol–water partition coefficient (Wildman–Crippen LogP) is 4.14. The largest absolute Gasteiger partial charge is 0.381 e. The maximum Gasteiger partial charge on any atom is 0.104 e. The van der Waals surface area contributed by atoms with E-state index < -0.39 is 0 Å². The van der Waals surface area contributed by atoms with E-state index >= 15 is 0 Å². The molecular formula is C15H14ClN3. The minimum Gasteiger partial charge on any atom is -0.381 e. The van der Waals surface area contributed by atoms with Gasteiger partial charge in [0, 0.05) is 17.3 Å². The molecule has 0 saturated carbocycles. The van der Waals surface area contributed by atoms with Gasteiger partial charge < -0.3 is 10.3 Å². The predicted molar refractivity (Wildman–Crippen MR) is 79.6 cm³/mol. The number of H-pyrrole nitrogens is 1. The Balaban J connectivity index is 1.78. The molecule has 3 nitrogen and oxygen atoms in total. The highest BCUT2D eigenvalue weighted by Gasteiger charge is 2.01. The van der Waals surface area contributed by atoms with E-state index in [0.29, 0.717) is 0 Å². The summed E-state index contributed by atoms with van der Waals surface area (Å²) in [5.41, 5.74) is 4.27. The molecule has 1 aromatic heterocycles. The Hall–Kier alpha value is -2.00. The first-order valence-corrected chi connectivity index (χ1v) is 6.53. The van der Waals surface area contributed by atoms with Crippen LogP contribution in [0.5, 0.6) is 0 Å². The Morgan fingerprint density at radius 2 is 2.11 bits per heavy atom. The second-order valence-corrected chi connectivity index (χ2v) is 4.97. The van der Waals surface area contributed by atoms with Crippen molar-refractivity contribution in [1.82, 2.24) is 9.97 Å².